The van der Waals surface area contributed by atoms with E-state index in [4.69, 9.17) is 17.3 Å². The van der Waals surface area contributed by atoms with E-state index in [0.29, 0.717) is 22.0 Å². The summed E-state index contributed by atoms with van der Waals surface area (Å²) in [5.74, 6) is 0.350. The maximum atomic E-state index is 5.67. The van der Waals surface area contributed by atoms with E-state index < -0.39 is 0 Å². The lowest BCUT2D eigenvalue weighted by Gasteiger charge is -1.97. The largest absolute Gasteiger partial charge is 0.382 e. The van der Waals surface area contributed by atoms with Gasteiger partial charge in [0.05, 0.1) is 5.52 Å². The highest BCUT2D eigenvalue weighted by atomic mass is 35.5. The van der Waals surface area contributed by atoms with Crippen molar-refractivity contribution >= 4 is 28.5 Å². The van der Waals surface area contributed by atoms with Gasteiger partial charge in [-0.3, -0.25) is 0 Å². The van der Waals surface area contributed by atoms with Crippen LogP contribution in [0.15, 0.2) is 18.5 Å². The Morgan fingerprint density at radius 2 is 2.08 bits per heavy atom. The van der Waals surface area contributed by atoms with Gasteiger partial charge in [-0.2, -0.15) is 0 Å². The van der Waals surface area contributed by atoms with Crippen LogP contribution in [-0.2, 0) is 0 Å². The van der Waals surface area contributed by atoms with Crippen LogP contribution in [-0.4, -0.2) is 15.0 Å². The first kappa shape index (κ1) is 7.24. The maximum absolute atomic E-state index is 5.67. The summed E-state index contributed by atoms with van der Waals surface area (Å²) in [6.07, 6.45) is 1.40. The average Bonchev–Trinajstić information content (AvgIpc) is 2.07. The summed E-state index contributed by atoms with van der Waals surface area (Å²) in [6, 6.07) is 3.42. The number of nitrogens with zero attached hydrogens (tertiary/aromatic N) is 3. The molecule has 0 aliphatic heterocycles. The van der Waals surface area contributed by atoms with Crippen molar-refractivity contribution in [1.82, 2.24) is 15.0 Å². The number of nitrogen functional groups attached to an aromatic ring is 1. The third-order valence-electron chi connectivity index (χ3n) is 1.48. The van der Waals surface area contributed by atoms with Gasteiger partial charge in [-0.05, 0) is 12.1 Å². The van der Waals surface area contributed by atoms with Gasteiger partial charge in [0.15, 0.2) is 5.82 Å². The van der Waals surface area contributed by atoms with Crippen molar-refractivity contribution in [1.29, 1.82) is 0 Å². The Morgan fingerprint density at radius 1 is 1.25 bits per heavy atom. The summed E-state index contributed by atoms with van der Waals surface area (Å²) in [5.41, 5.74) is 6.80. The molecule has 0 aliphatic rings. The zero-order valence-corrected chi connectivity index (χ0v) is 6.78. The Balaban J connectivity index is 2.88. The third-order valence-corrected chi connectivity index (χ3v) is 1.69. The van der Waals surface area contributed by atoms with Gasteiger partial charge in [0.2, 0.25) is 0 Å². The van der Waals surface area contributed by atoms with E-state index in [2.05, 4.69) is 15.0 Å². The smallest absolute Gasteiger partial charge is 0.153 e. The Kier molecular flexibility index (Phi) is 1.55. The zero-order chi connectivity index (χ0) is 8.55. The molecule has 2 rings (SSSR count). The molecule has 2 heterocycles. The normalized spacial score (nSPS) is 10.4. The Bertz CT molecular complexity index is 429. The maximum Gasteiger partial charge on any atom is 0.153 e. The molecule has 4 nitrogen and oxygen atoms in total. The van der Waals surface area contributed by atoms with Crippen LogP contribution in [0.2, 0.25) is 5.15 Å². The van der Waals surface area contributed by atoms with Gasteiger partial charge < -0.3 is 5.73 Å². The van der Waals surface area contributed by atoms with Crippen molar-refractivity contribution < 1.29 is 0 Å². The van der Waals surface area contributed by atoms with E-state index in [1.54, 1.807) is 12.1 Å². The number of hydrogen-bond acceptors (Lipinski definition) is 4. The molecule has 0 aliphatic carbocycles. The topological polar surface area (TPSA) is 64.7 Å². The number of halogens is 1. The molecule has 2 aromatic heterocycles. The highest BCUT2D eigenvalue weighted by Crippen LogP contribution is 2.16. The van der Waals surface area contributed by atoms with Crippen molar-refractivity contribution in [2.75, 3.05) is 5.73 Å². The molecule has 5 heteroatoms. The third kappa shape index (κ3) is 1.06. The minimum Gasteiger partial charge on any atom is -0.382 e. The van der Waals surface area contributed by atoms with Crippen molar-refractivity contribution in [2.24, 2.45) is 0 Å². The highest BCUT2D eigenvalue weighted by molar-refractivity contribution is 6.29. The minimum absolute atomic E-state index is 0.350. The van der Waals surface area contributed by atoms with Gasteiger partial charge in [0.25, 0.3) is 0 Å². The van der Waals surface area contributed by atoms with Crippen LogP contribution in [0.3, 0.4) is 0 Å². The summed E-state index contributed by atoms with van der Waals surface area (Å²) >= 11 is 5.67. The number of rotatable bonds is 0. The summed E-state index contributed by atoms with van der Waals surface area (Å²) in [5, 5.41) is 0.393. The van der Waals surface area contributed by atoms with Crippen LogP contribution >= 0.6 is 11.6 Å². The first-order valence-corrected chi connectivity index (χ1v) is 3.68. The molecule has 60 valence electrons. The first-order valence-electron chi connectivity index (χ1n) is 3.30. The molecule has 0 fully saturated rings. The number of fused-ring (bicyclic) bond motifs is 1. The fourth-order valence-electron chi connectivity index (χ4n) is 0.935. The zero-order valence-electron chi connectivity index (χ0n) is 6.03. The Hall–Kier alpha value is -1.42. The molecule has 0 aromatic carbocycles. The SMILES string of the molecule is Nc1ncnc2ccc(Cl)nc12. The van der Waals surface area contributed by atoms with Gasteiger partial charge in [-0.15, -0.1) is 0 Å². The standard InChI is InChI=1S/C7H5ClN4/c8-5-2-1-4-6(12-5)7(9)11-3-10-4/h1-3H,(H2,9,10,11). The summed E-state index contributed by atoms with van der Waals surface area (Å²) in [4.78, 5) is 11.8. The van der Waals surface area contributed by atoms with E-state index in [0.717, 1.165) is 0 Å². The lowest BCUT2D eigenvalue weighted by Crippen LogP contribution is -1.94. The second kappa shape index (κ2) is 2.57. The average molecular weight is 181 g/mol. The van der Waals surface area contributed by atoms with Gasteiger partial charge in [-0.1, -0.05) is 11.6 Å². The van der Waals surface area contributed by atoms with Crippen LogP contribution in [0.1, 0.15) is 0 Å². The van der Waals surface area contributed by atoms with E-state index in [1.165, 1.54) is 6.33 Å². The fourth-order valence-corrected chi connectivity index (χ4v) is 1.08. The molecular weight excluding hydrogens is 176 g/mol. The van der Waals surface area contributed by atoms with Crippen LogP contribution in [0.4, 0.5) is 5.82 Å². The summed E-state index contributed by atoms with van der Waals surface area (Å²) < 4.78 is 0. The first-order chi connectivity index (χ1) is 5.77. The van der Waals surface area contributed by atoms with E-state index in [1.807, 2.05) is 0 Å². The predicted molar refractivity (Wildman–Crippen MR) is 46.8 cm³/mol. The molecule has 12 heavy (non-hydrogen) atoms. The number of nitrogens with two attached hydrogens (primary N) is 1. The van der Waals surface area contributed by atoms with E-state index >= 15 is 0 Å². The van der Waals surface area contributed by atoms with E-state index in [-0.39, 0.29) is 0 Å². The lowest BCUT2D eigenvalue weighted by molar-refractivity contribution is 1.20. The van der Waals surface area contributed by atoms with Crippen LogP contribution in [0.5, 0.6) is 0 Å². The molecule has 0 bridgehead atoms. The minimum atomic E-state index is 0.350. The molecular formula is C7H5ClN4. The number of anilines is 1. The van der Waals surface area contributed by atoms with Crippen molar-refractivity contribution in [3.8, 4) is 0 Å². The van der Waals surface area contributed by atoms with Crippen LogP contribution in [0.25, 0.3) is 11.0 Å². The molecule has 0 amide bonds. The Morgan fingerprint density at radius 3 is 2.92 bits per heavy atom. The molecule has 0 spiro atoms. The van der Waals surface area contributed by atoms with Crippen molar-refractivity contribution in [3.63, 3.8) is 0 Å². The molecule has 2 N–H and O–H groups in total. The second-order valence-electron chi connectivity index (χ2n) is 2.26. The molecule has 2 aromatic rings. The molecule has 0 unspecified atom stereocenters. The molecule has 0 saturated carbocycles. The predicted octanol–water partition coefficient (Wildman–Crippen LogP) is 1.26. The van der Waals surface area contributed by atoms with Crippen LogP contribution in [0, 0.1) is 0 Å². The number of aromatic nitrogens is 3. The van der Waals surface area contributed by atoms with Crippen LogP contribution < -0.4 is 5.73 Å². The van der Waals surface area contributed by atoms with Gasteiger partial charge in [0, 0.05) is 0 Å². The molecule has 0 saturated heterocycles. The van der Waals surface area contributed by atoms with Crippen molar-refractivity contribution in [3.05, 3.63) is 23.6 Å². The fraction of sp³-hybridized carbons (Fsp3) is 0. The number of hydrogen-bond donors (Lipinski definition) is 1. The lowest BCUT2D eigenvalue weighted by atomic mass is 10.3. The highest BCUT2D eigenvalue weighted by Gasteiger charge is 2.00. The van der Waals surface area contributed by atoms with Gasteiger partial charge >= 0.3 is 0 Å². The van der Waals surface area contributed by atoms with E-state index in [9.17, 15) is 0 Å². The van der Waals surface area contributed by atoms with Gasteiger partial charge in [-0.25, -0.2) is 15.0 Å². The molecule has 0 radical (unpaired) electrons. The van der Waals surface area contributed by atoms with Crippen molar-refractivity contribution in [2.45, 2.75) is 0 Å². The monoisotopic (exact) mass is 180 g/mol. The van der Waals surface area contributed by atoms with Gasteiger partial charge in [0.1, 0.15) is 17.0 Å². The second-order valence-corrected chi connectivity index (χ2v) is 2.65. The molecule has 0 atom stereocenters. The summed E-state index contributed by atoms with van der Waals surface area (Å²) in [7, 11) is 0. The summed E-state index contributed by atoms with van der Waals surface area (Å²) in [6.45, 7) is 0. The number of pyridine rings is 1. The quantitative estimate of drug-likeness (QED) is 0.620. The Labute approximate surface area is 73.4 Å².